The maximum atomic E-state index is 12.6. The molecule has 0 radical (unpaired) electrons. The Bertz CT molecular complexity index is 737. The van der Waals surface area contributed by atoms with Crippen LogP contribution in [0.2, 0.25) is 0 Å². The first-order valence-corrected chi connectivity index (χ1v) is 7.64. The molecule has 0 saturated carbocycles. The molecule has 2 aromatic rings. The van der Waals surface area contributed by atoms with Gasteiger partial charge < -0.3 is 14.4 Å². The average Bonchev–Trinajstić information content (AvgIpc) is 3.03. The molecule has 132 valence electrons. The third kappa shape index (κ3) is 4.40. The van der Waals surface area contributed by atoms with Gasteiger partial charge in [0.15, 0.2) is 0 Å². The van der Waals surface area contributed by atoms with Crippen molar-refractivity contribution in [3.8, 4) is 11.6 Å². The van der Waals surface area contributed by atoms with Crippen LogP contribution in [0.4, 0.5) is 13.2 Å². The molecule has 0 N–H and O–H groups in total. The predicted molar refractivity (Wildman–Crippen MR) is 82.3 cm³/mol. The van der Waals surface area contributed by atoms with Gasteiger partial charge in [-0.2, -0.15) is 0 Å². The highest BCUT2D eigenvalue weighted by Gasteiger charge is 2.35. The number of hydrogen-bond acceptors (Lipinski definition) is 4. The molecule has 0 aliphatic carbocycles. The van der Waals surface area contributed by atoms with E-state index >= 15 is 0 Å². The van der Waals surface area contributed by atoms with Crippen molar-refractivity contribution < 1.29 is 27.4 Å². The maximum absolute atomic E-state index is 12.6. The number of carbonyl (C=O) groups excluding carboxylic acids is 1. The van der Waals surface area contributed by atoms with Crippen LogP contribution in [-0.4, -0.2) is 41.3 Å². The summed E-state index contributed by atoms with van der Waals surface area (Å²) in [6.45, 7) is 0.659. The number of ether oxygens (including phenoxy) is 2. The van der Waals surface area contributed by atoms with Crippen molar-refractivity contribution in [2.45, 2.75) is 18.9 Å². The van der Waals surface area contributed by atoms with E-state index in [4.69, 9.17) is 4.74 Å². The normalized spacial score (nSPS) is 17.4. The Kier molecular flexibility index (Phi) is 4.78. The number of nitrogens with zero attached hydrogens (tertiary/aromatic N) is 2. The molecule has 25 heavy (non-hydrogen) atoms. The smallest absolute Gasteiger partial charge is 0.472 e. The first kappa shape index (κ1) is 17.1. The summed E-state index contributed by atoms with van der Waals surface area (Å²) in [6, 6.07) is 10.6. The molecule has 1 saturated heterocycles. The number of halogens is 3. The van der Waals surface area contributed by atoms with Gasteiger partial charge in [0.25, 0.3) is 5.91 Å². The Morgan fingerprint density at radius 1 is 1.16 bits per heavy atom. The van der Waals surface area contributed by atoms with Crippen molar-refractivity contribution in [2.24, 2.45) is 0 Å². The van der Waals surface area contributed by atoms with Crippen LogP contribution in [-0.2, 0) is 0 Å². The molecule has 1 fully saturated rings. The average molecular weight is 352 g/mol. The van der Waals surface area contributed by atoms with Crippen LogP contribution in [0, 0.1) is 0 Å². The molecule has 0 spiro atoms. The SMILES string of the molecule is O=C(c1ccccc1OC(F)(F)F)N1CCC(Oc2ccccn2)C1. The van der Waals surface area contributed by atoms with Gasteiger partial charge in [-0.15, -0.1) is 13.2 Å². The van der Waals surface area contributed by atoms with E-state index in [-0.39, 0.29) is 18.2 Å². The molecule has 5 nitrogen and oxygen atoms in total. The summed E-state index contributed by atoms with van der Waals surface area (Å²) < 4.78 is 47.1. The van der Waals surface area contributed by atoms with Gasteiger partial charge in [0.2, 0.25) is 5.88 Å². The lowest BCUT2D eigenvalue weighted by atomic mass is 10.2. The zero-order valence-electron chi connectivity index (χ0n) is 13.1. The molecule has 1 unspecified atom stereocenters. The quantitative estimate of drug-likeness (QED) is 0.847. The Balaban J connectivity index is 1.68. The van der Waals surface area contributed by atoms with E-state index in [0.29, 0.717) is 18.8 Å². The fourth-order valence-electron chi connectivity index (χ4n) is 2.62. The number of hydrogen-bond donors (Lipinski definition) is 0. The van der Waals surface area contributed by atoms with E-state index in [9.17, 15) is 18.0 Å². The number of alkyl halides is 3. The number of para-hydroxylation sites is 1. The van der Waals surface area contributed by atoms with Crippen LogP contribution in [0.15, 0.2) is 48.7 Å². The van der Waals surface area contributed by atoms with E-state index in [2.05, 4.69) is 9.72 Å². The van der Waals surface area contributed by atoms with Crippen molar-refractivity contribution in [1.82, 2.24) is 9.88 Å². The second kappa shape index (κ2) is 7.00. The third-order valence-corrected chi connectivity index (χ3v) is 3.70. The molecule has 0 bridgehead atoms. The van der Waals surface area contributed by atoms with E-state index in [0.717, 1.165) is 6.07 Å². The minimum absolute atomic E-state index is 0.127. The molecule has 1 aliphatic rings. The second-order valence-corrected chi connectivity index (χ2v) is 5.49. The highest BCUT2D eigenvalue weighted by molar-refractivity contribution is 5.97. The summed E-state index contributed by atoms with van der Waals surface area (Å²) in [4.78, 5) is 18.1. The first-order valence-electron chi connectivity index (χ1n) is 7.64. The van der Waals surface area contributed by atoms with Crippen LogP contribution in [0.25, 0.3) is 0 Å². The summed E-state index contributed by atoms with van der Waals surface area (Å²) in [5, 5.41) is 0. The Labute approximate surface area is 142 Å². The fourth-order valence-corrected chi connectivity index (χ4v) is 2.62. The topological polar surface area (TPSA) is 51.7 Å². The largest absolute Gasteiger partial charge is 0.573 e. The molecule has 1 atom stereocenters. The minimum Gasteiger partial charge on any atom is -0.472 e. The Hall–Kier alpha value is -2.77. The van der Waals surface area contributed by atoms with Crippen molar-refractivity contribution in [1.29, 1.82) is 0 Å². The van der Waals surface area contributed by atoms with Crippen molar-refractivity contribution in [3.63, 3.8) is 0 Å². The molecule has 2 heterocycles. The van der Waals surface area contributed by atoms with E-state index in [1.54, 1.807) is 24.4 Å². The number of pyridine rings is 1. The van der Waals surface area contributed by atoms with Gasteiger partial charge in [0.1, 0.15) is 11.9 Å². The lowest BCUT2D eigenvalue weighted by Crippen LogP contribution is -2.31. The minimum atomic E-state index is -4.86. The summed E-state index contributed by atoms with van der Waals surface area (Å²) in [7, 11) is 0. The van der Waals surface area contributed by atoms with E-state index in [1.807, 2.05) is 0 Å². The number of carbonyl (C=O) groups is 1. The van der Waals surface area contributed by atoms with Crippen molar-refractivity contribution in [3.05, 3.63) is 54.2 Å². The maximum Gasteiger partial charge on any atom is 0.573 e. The monoisotopic (exact) mass is 352 g/mol. The fraction of sp³-hybridized carbons (Fsp3) is 0.294. The number of amides is 1. The zero-order chi connectivity index (χ0) is 17.9. The van der Waals surface area contributed by atoms with Crippen LogP contribution >= 0.6 is 0 Å². The summed E-state index contributed by atoms with van der Waals surface area (Å²) in [6.07, 6.45) is -2.94. The van der Waals surface area contributed by atoms with Gasteiger partial charge in [0, 0.05) is 25.2 Å². The Morgan fingerprint density at radius 3 is 2.64 bits per heavy atom. The van der Waals surface area contributed by atoms with Gasteiger partial charge in [-0.1, -0.05) is 18.2 Å². The summed E-state index contributed by atoms with van der Waals surface area (Å²) >= 11 is 0. The van der Waals surface area contributed by atoms with Gasteiger partial charge in [-0.3, -0.25) is 4.79 Å². The van der Waals surface area contributed by atoms with Crippen molar-refractivity contribution in [2.75, 3.05) is 13.1 Å². The zero-order valence-corrected chi connectivity index (χ0v) is 13.1. The van der Waals surface area contributed by atoms with Gasteiger partial charge >= 0.3 is 6.36 Å². The van der Waals surface area contributed by atoms with Crippen LogP contribution < -0.4 is 9.47 Å². The summed E-state index contributed by atoms with van der Waals surface area (Å²) in [5.41, 5.74) is -0.127. The van der Waals surface area contributed by atoms with E-state index < -0.39 is 18.0 Å². The molecule has 1 amide bonds. The highest BCUT2D eigenvalue weighted by Crippen LogP contribution is 2.28. The molecule has 1 aromatic carbocycles. The number of likely N-dealkylation sites (tertiary alicyclic amines) is 1. The highest BCUT2D eigenvalue weighted by atomic mass is 19.4. The molecule has 8 heteroatoms. The van der Waals surface area contributed by atoms with Crippen molar-refractivity contribution >= 4 is 5.91 Å². The molecular weight excluding hydrogens is 337 g/mol. The Morgan fingerprint density at radius 2 is 1.92 bits per heavy atom. The van der Waals surface area contributed by atoms with Gasteiger partial charge in [0.05, 0.1) is 12.1 Å². The molecule has 1 aliphatic heterocycles. The number of rotatable bonds is 4. The predicted octanol–water partition coefficient (Wildman–Crippen LogP) is 3.27. The van der Waals surface area contributed by atoms with E-state index in [1.165, 1.54) is 23.1 Å². The standard InChI is InChI=1S/C17H15F3N2O3/c18-17(19,20)25-14-6-2-1-5-13(14)16(23)22-10-8-12(11-22)24-15-7-3-4-9-21-15/h1-7,9,12H,8,10-11H2. The lowest BCUT2D eigenvalue weighted by Gasteiger charge is -2.19. The van der Waals surface area contributed by atoms with Gasteiger partial charge in [-0.05, 0) is 18.2 Å². The molecular formula is C17H15F3N2O3. The van der Waals surface area contributed by atoms with Gasteiger partial charge in [-0.25, -0.2) is 4.98 Å². The number of aromatic nitrogens is 1. The van der Waals surface area contributed by atoms with Crippen LogP contribution in [0.1, 0.15) is 16.8 Å². The van der Waals surface area contributed by atoms with Crippen LogP contribution in [0.3, 0.4) is 0 Å². The van der Waals surface area contributed by atoms with Crippen LogP contribution in [0.5, 0.6) is 11.6 Å². The molecule has 3 rings (SSSR count). The summed E-state index contributed by atoms with van der Waals surface area (Å²) in [5.74, 6) is -0.580. The molecule has 1 aromatic heterocycles. The first-order chi connectivity index (χ1) is 11.9. The third-order valence-electron chi connectivity index (χ3n) is 3.70. The second-order valence-electron chi connectivity index (χ2n) is 5.49. The lowest BCUT2D eigenvalue weighted by molar-refractivity contribution is -0.274. The number of benzene rings is 1.